The second-order valence-electron chi connectivity index (χ2n) is 6.85. The van der Waals surface area contributed by atoms with Crippen molar-refractivity contribution in [3.8, 4) is 0 Å². The maximum Gasteiger partial charge on any atom is 0.161 e. The third kappa shape index (κ3) is 6.89. The van der Waals surface area contributed by atoms with E-state index in [1.54, 1.807) is 12.4 Å². The summed E-state index contributed by atoms with van der Waals surface area (Å²) in [5.74, 6) is 0.526. The molecule has 0 spiro atoms. The van der Waals surface area contributed by atoms with E-state index >= 15 is 0 Å². The van der Waals surface area contributed by atoms with E-state index in [0.717, 1.165) is 28.1 Å². The molecule has 0 saturated carbocycles. The molecule has 0 amide bonds. The molecule has 2 aromatic rings. The summed E-state index contributed by atoms with van der Waals surface area (Å²) in [4.78, 5) is 13.5. The Kier molecular flexibility index (Phi) is 8.67. The van der Waals surface area contributed by atoms with Crippen LogP contribution >= 0.6 is 0 Å². The normalized spacial score (nSPS) is 14.5. The van der Waals surface area contributed by atoms with E-state index in [0.29, 0.717) is 5.84 Å². The van der Waals surface area contributed by atoms with Crippen molar-refractivity contribution in [2.24, 2.45) is 15.0 Å². The van der Waals surface area contributed by atoms with Crippen LogP contribution in [0.4, 0.5) is 5.69 Å². The minimum absolute atomic E-state index is 0.526. The lowest BCUT2D eigenvalue weighted by Gasteiger charge is -2.07. The highest BCUT2D eigenvalue weighted by atomic mass is 14.9. The molecule has 4 heteroatoms. The van der Waals surface area contributed by atoms with Gasteiger partial charge < -0.3 is 5.32 Å². The van der Waals surface area contributed by atoms with Gasteiger partial charge in [-0.05, 0) is 43.5 Å². The Labute approximate surface area is 189 Å². The van der Waals surface area contributed by atoms with E-state index in [1.165, 1.54) is 0 Å². The first-order valence-electron chi connectivity index (χ1n) is 10.3. The summed E-state index contributed by atoms with van der Waals surface area (Å²) >= 11 is 0. The predicted molar refractivity (Wildman–Crippen MR) is 139 cm³/mol. The smallest absolute Gasteiger partial charge is 0.161 e. The number of aliphatic imine (C=N–C) groups is 3. The van der Waals surface area contributed by atoms with E-state index in [9.17, 15) is 0 Å². The van der Waals surface area contributed by atoms with Crippen molar-refractivity contribution < 1.29 is 0 Å². The summed E-state index contributed by atoms with van der Waals surface area (Å²) in [5, 5.41) is 3.31. The number of hydrogen-bond donors (Lipinski definition) is 1. The van der Waals surface area contributed by atoms with Crippen LogP contribution in [0.15, 0.2) is 142 Å². The molecule has 0 unspecified atom stereocenters. The molecule has 1 aliphatic rings. The minimum Gasteiger partial charge on any atom is -0.361 e. The van der Waals surface area contributed by atoms with Gasteiger partial charge in [-0.2, -0.15) is 0 Å². The van der Waals surface area contributed by atoms with Crippen molar-refractivity contribution in [3.63, 3.8) is 0 Å². The zero-order valence-corrected chi connectivity index (χ0v) is 18.1. The number of nitrogens with zero attached hydrogens (tertiary/aromatic N) is 3. The maximum atomic E-state index is 4.88. The number of allylic oxidation sites excluding steroid dienone is 7. The Hall–Kier alpha value is -4.31. The van der Waals surface area contributed by atoms with E-state index in [2.05, 4.69) is 35.0 Å². The lowest BCUT2D eigenvalue weighted by atomic mass is 10.1. The van der Waals surface area contributed by atoms with Gasteiger partial charge in [0.1, 0.15) is 0 Å². The SMILES string of the molecule is C=N/C=C(\C=C\Nc1ccccc1C)C1=NC=CC=CC=CC=CC(c2ccccc2)=N1. The number of para-hydroxylation sites is 1. The van der Waals surface area contributed by atoms with Crippen molar-refractivity contribution >= 4 is 24.0 Å². The predicted octanol–water partition coefficient (Wildman–Crippen LogP) is 6.59. The zero-order valence-electron chi connectivity index (χ0n) is 18.1. The summed E-state index contributed by atoms with van der Waals surface area (Å²) in [6.45, 7) is 5.68. The number of rotatable bonds is 6. The number of hydrogen-bond acceptors (Lipinski definition) is 4. The van der Waals surface area contributed by atoms with Gasteiger partial charge in [-0.25, -0.2) is 9.98 Å². The Morgan fingerprint density at radius 3 is 2.41 bits per heavy atom. The lowest BCUT2D eigenvalue weighted by Crippen LogP contribution is -2.05. The molecule has 158 valence electrons. The molecule has 1 aliphatic heterocycles. The number of anilines is 1. The molecule has 3 rings (SSSR count). The first-order chi connectivity index (χ1) is 15.8. The molecule has 2 aromatic carbocycles. The second-order valence-corrected chi connectivity index (χ2v) is 6.85. The molecule has 0 aliphatic carbocycles. The van der Waals surface area contributed by atoms with Gasteiger partial charge in [0.2, 0.25) is 0 Å². The van der Waals surface area contributed by atoms with Crippen molar-refractivity contribution in [2.45, 2.75) is 6.92 Å². The molecular weight excluding hydrogens is 392 g/mol. The molecule has 0 bridgehead atoms. The van der Waals surface area contributed by atoms with Crippen molar-refractivity contribution in [2.75, 3.05) is 5.32 Å². The molecule has 0 radical (unpaired) electrons. The maximum absolute atomic E-state index is 4.88. The average Bonchev–Trinajstić information content (AvgIpc) is 2.81. The van der Waals surface area contributed by atoms with Crippen LogP contribution in [0, 0.1) is 6.92 Å². The topological polar surface area (TPSA) is 49.1 Å². The largest absolute Gasteiger partial charge is 0.361 e. The molecular formula is C28H26N4. The van der Waals surface area contributed by atoms with Crippen LogP contribution in [0.1, 0.15) is 11.1 Å². The zero-order chi connectivity index (χ0) is 22.4. The van der Waals surface area contributed by atoms with E-state index in [1.807, 2.05) is 103 Å². The molecule has 0 atom stereocenters. The molecule has 1 N–H and O–H groups in total. The second kappa shape index (κ2) is 12.4. The number of aryl methyl sites for hydroxylation is 1. The fourth-order valence-electron chi connectivity index (χ4n) is 2.89. The number of amidine groups is 1. The van der Waals surface area contributed by atoms with E-state index < -0.39 is 0 Å². The van der Waals surface area contributed by atoms with Crippen LogP contribution in [-0.2, 0) is 0 Å². The Morgan fingerprint density at radius 1 is 0.906 bits per heavy atom. The standard InChI is InChI=1S/C28H26N4/c1-23-14-11-12-17-26(23)30-21-19-25(22-29-2)28-31-20-13-6-4-3-5-10-18-27(32-28)24-15-8-7-9-16-24/h3-22,30H,2H2,1H3/b4-3?,5-3?,6-4?,10-5?,13-6?,18-10?,20-13?,21-19+,25-22+,27-18?,31-20?,31-28?,32-27?,32-28?. The molecule has 0 aromatic heterocycles. The molecule has 1 heterocycles. The summed E-state index contributed by atoms with van der Waals surface area (Å²) in [6.07, 6.45) is 20.7. The van der Waals surface area contributed by atoms with Gasteiger partial charge in [-0.15, -0.1) is 0 Å². The summed E-state index contributed by atoms with van der Waals surface area (Å²) in [5.41, 5.74) is 4.70. The first kappa shape index (κ1) is 22.4. The highest BCUT2D eigenvalue weighted by Gasteiger charge is 2.07. The third-order valence-corrected chi connectivity index (χ3v) is 4.52. The van der Waals surface area contributed by atoms with Gasteiger partial charge in [0, 0.05) is 35.4 Å². The Balaban J connectivity index is 2.00. The van der Waals surface area contributed by atoms with Crippen LogP contribution in [0.5, 0.6) is 0 Å². The van der Waals surface area contributed by atoms with Gasteiger partial charge in [-0.3, -0.25) is 4.99 Å². The van der Waals surface area contributed by atoms with Gasteiger partial charge in [-0.1, -0.05) is 78.9 Å². The van der Waals surface area contributed by atoms with Crippen LogP contribution in [-0.4, -0.2) is 18.3 Å². The third-order valence-electron chi connectivity index (χ3n) is 4.52. The Bertz CT molecular complexity index is 1160. The van der Waals surface area contributed by atoms with Gasteiger partial charge in [0.05, 0.1) is 5.71 Å². The highest BCUT2D eigenvalue weighted by molar-refractivity contribution is 6.17. The highest BCUT2D eigenvalue weighted by Crippen LogP contribution is 2.14. The fraction of sp³-hybridized carbons (Fsp3) is 0.0357. The lowest BCUT2D eigenvalue weighted by molar-refractivity contribution is 1.42. The van der Waals surface area contributed by atoms with Gasteiger partial charge >= 0.3 is 0 Å². The molecule has 0 saturated heterocycles. The molecule has 4 nitrogen and oxygen atoms in total. The summed E-state index contributed by atoms with van der Waals surface area (Å²) < 4.78 is 0. The summed E-state index contributed by atoms with van der Waals surface area (Å²) in [7, 11) is 0. The minimum atomic E-state index is 0.526. The van der Waals surface area contributed by atoms with E-state index in [4.69, 9.17) is 4.99 Å². The van der Waals surface area contributed by atoms with Crippen LogP contribution in [0.3, 0.4) is 0 Å². The molecule has 32 heavy (non-hydrogen) atoms. The van der Waals surface area contributed by atoms with Crippen LogP contribution < -0.4 is 5.32 Å². The van der Waals surface area contributed by atoms with Crippen LogP contribution in [0.25, 0.3) is 0 Å². The summed E-state index contributed by atoms with van der Waals surface area (Å²) in [6, 6.07) is 18.1. The fourth-order valence-corrected chi connectivity index (χ4v) is 2.89. The van der Waals surface area contributed by atoms with Crippen molar-refractivity contribution in [3.05, 3.63) is 139 Å². The number of nitrogens with one attached hydrogen (secondary N) is 1. The first-order valence-corrected chi connectivity index (χ1v) is 10.3. The monoisotopic (exact) mass is 418 g/mol. The van der Waals surface area contributed by atoms with Gasteiger partial charge in [0.25, 0.3) is 0 Å². The van der Waals surface area contributed by atoms with Crippen molar-refractivity contribution in [1.29, 1.82) is 0 Å². The molecule has 0 fully saturated rings. The van der Waals surface area contributed by atoms with Crippen LogP contribution in [0.2, 0.25) is 0 Å². The Morgan fingerprint density at radius 2 is 1.62 bits per heavy atom. The van der Waals surface area contributed by atoms with Gasteiger partial charge in [0.15, 0.2) is 5.84 Å². The van der Waals surface area contributed by atoms with E-state index in [-0.39, 0.29) is 0 Å². The average molecular weight is 419 g/mol. The quantitative estimate of drug-likeness (QED) is 0.417. The van der Waals surface area contributed by atoms with Crippen molar-refractivity contribution in [1.82, 2.24) is 0 Å². The number of benzene rings is 2.